The number of benzene rings is 1. The molecule has 1 amide bonds. The lowest BCUT2D eigenvalue weighted by Gasteiger charge is -2.20. The third-order valence-electron chi connectivity index (χ3n) is 5.23. The molecule has 9 heteroatoms. The van der Waals surface area contributed by atoms with E-state index < -0.39 is 0 Å². The Bertz CT molecular complexity index is 946. The van der Waals surface area contributed by atoms with Crippen molar-refractivity contribution < 1.29 is 9.32 Å². The number of nitrogens with one attached hydrogen (secondary N) is 2. The summed E-state index contributed by atoms with van der Waals surface area (Å²) in [6.45, 7) is 0. The number of aryl methyl sites for hydroxylation is 1. The lowest BCUT2D eigenvalue weighted by Crippen LogP contribution is -2.28. The molecule has 2 aliphatic rings. The highest BCUT2D eigenvalue weighted by Gasteiger charge is 2.28. The molecule has 2 heterocycles. The molecule has 0 aliphatic heterocycles. The Labute approximate surface area is 148 Å². The summed E-state index contributed by atoms with van der Waals surface area (Å²) in [6, 6.07) is 6.04. The number of aromatic nitrogens is 6. The van der Waals surface area contributed by atoms with Gasteiger partial charge in [-0.15, -0.1) is 10.2 Å². The van der Waals surface area contributed by atoms with E-state index in [0.717, 1.165) is 42.7 Å². The lowest BCUT2D eigenvalue weighted by atomic mass is 9.85. The van der Waals surface area contributed by atoms with Gasteiger partial charge < -0.3 is 9.84 Å². The van der Waals surface area contributed by atoms with Crippen molar-refractivity contribution in [3.8, 4) is 11.4 Å². The minimum Gasteiger partial charge on any atom is -0.342 e. The molecular weight excluding hydrogens is 334 g/mol. The number of aromatic amines is 1. The number of tetrazole rings is 1. The van der Waals surface area contributed by atoms with Crippen LogP contribution in [0.1, 0.15) is 65.3 Å². The molecule has 26 heavy (non-hydrogen) atoms. The van der Waals surface area contributed by atoms with Crippen LogP contribution in [0, 0.1) is 0 Å². The molecule has 1 aromatic carbocycles. The zero-order chi connectivity index (χ0) is 17.5. The smallest absolute Gasteiger partial charge is 0.293 e. The fourth-order valence-corrected chi connectivity index (χ4v) is 3.56. The molecule has 9 nitrogen and oxygen atoms in total. The van der Waals surface area contributed by atoms with Gasteiger partial charge in [0.2, 0.25) is 11.7 Å². The number of nitrogens with zero attached hydrogens (tertiary/aromatic N) is 5. The molecule has 132 valence electrons. The fraction of sp³-hybridized carbons (Fsp3) is 0.412. The predicted octanol–water partition coefficient (Wildman–Crippen LogP) is 1.93. The van der Waals surface area contributed by atoms with Gasteiger partial charge in [0.1, 0.15) is 0 Å². The third-order valence-corrected chi connectivity index (χ3v) is 5.23. The molecule has 1 saturated carbocycles. The van der Waals surface area contributed by atoms with E-state index in [-0.39, 0.29) is 17.8 Å². The first-order valence-electron chi connectivity index (χ1n) is 8.79. The van der Waals surface area contributed by atoms with E-state index in [0.29, 0.717) is 11.7 Å². The minimum absolute atomic E-state index is 0.0467. The molecule has 1 fully saturated rings. The summed E-state index contributed by atoms with van der Waals surface area (Å²) in [5, 5.41) is 20.2. The van der Waals surface area contributed by atoms with Crippen LogP contribution in [0.2, 0.25) is 0 Å². The van der Waals surface area contributed by atoms with Crippen molar-refractivity contribution in [3.05, 3.63) is 41.0 Å². The van der Waals surface area contributed by atoms with Gasteiger partial charge in [-0.2, -0.15) is 10.2 Å². The van der Waals surface area contributed by atoms with E-state index in [2.05, 4.69) is 42.1 Å². The van der Waals surface area contributed by atoms with E-state index in [9.17, 15) is 4.79 Å². The summed E-state index contributed by atoms with van der Waals surface area (Å²) in [6.07, 6.45) is 5.22. The van der Waals surface area contributed by atoms with Crippen molar-refractivity contribution >= 4 is 5.91 Å². The number of H-pyrrole nitrogens is 1. The van der Waals surface area contributed by atoms with Crippen LogP contribution in [0.5, 0.6) is 0 Å². The Balaban J connectivity index is 1.35. The number of fused-ring (bicyclic) bond motifs is 1. The average Bonchev–Trinajstić information content (AvgIpc) is 3.34. The summed E-state index contributed by atoms with van der Waals surface area (Å²) in [5.41, 5.74) is 3.24. The topological polar surface area (TPSA) is 122 Å². The van der Waals surface area contributed by atoms with Gasteiger partial charge in [-0.3, -0.25) is 4.79 Å². The highest BCUT2D eigenvalue weighted by molar-refractivity contribution is 5.90. The molecule has 0 radical (unpaired) electrons. The Morgan fingerprint density at radius 1 is 1.27 bits per heavy atom. The average molecular weight is 351 g/mol. The van der Waals surface area contributed by atoms with E-state index in [4.69, 9.17) is 4.52 Å². The zero-order valence-corrected chi connectivity index (χ0v) is 14.0. The van der Waals surface area contributed by atoms with E-state index >= 15 is 0 Å². The van der Waals surface area contributed by atoms with Gasteiger partial charge in [-0.25, -0.2) is 0 Å². The van der Waals surface area contributed by atoms with E-state index in [1.54, 1.807) is 0 Å². The molecule has 0 saturated heterocycles. The number of amides is 1. The Morgan fingerprint density at radius 3 is 2.96 bits per heavy atom. The first kappa shape index (κ1) is 15.2. The summed E-state index contributed by atoms with van der Waals surface area (Å²) >= 11 is 0. The van der Waals surface area contributed by atoms with Gasteiger partial charge in [0.15, 0.2) is 0 Å². The van der Waals surface area contributed by atoms with Crippen molar-refractivity contribution in [2.75, 3.05) is 0 Å². The first-order valence-corrected chi connectivity index (χ1v) is 8.79. The van der Waals surface area contributed by atoms with Gasteiger partial charge in [0.25, 0.3) is 11.7 Å². The van der Waals surface area contributed by atoms with E-state index in [1.165, 1.54) is 12.0 Å². The standard InChI is InChI=1S/C17H17N7O2/c25-16(15-20-23-24-21-15)18-13-7-5-10-8-11(4-6-12(10)13)14-19-17(26-22-14)9-2-1-3-9/h4,6,8-9,13H,1-3,5,7H2,(H,18,25)(H,20,21,23,24)/t13-/m1/s1. The maximum atomic E-state index is 12.1. The molecule has 0 bridgehead atoms. The van der Waals surface area contributed by atoms with Crippen molar-refractivity contribution in [1.29, 1.82) is 0 Å². The van der Waals surface area contributed by atoms with Crippen LogP contribution in [0.15, 0.2) is 22.7 Å². The van der Waals surface area contributed by atoms with Gasteiger partial charge >= 0.3 is 0 Å². The van der Waals surface area contributed by atoms with Gasteiger partial charge in [0, 0.05) is 11.5 Å². The van der Waals surface area contributed by atoms with Gasteiger partial charge in [-0.1, -0.05) is 23.7 Å². The highest BCUT2D eigenvalue weighted by atomic mass is 16.5. The SMILES string of the molecule is O=C(N[C@@H]1CCc2cc(-c3noc(C4CCC4)n3)ccc21)c1nn[nH]n1. The summed E-state index contributed by atoms with van der Waals surface area (Å²) in [7, 11) is 0. The van der Waals surface area contributed by atoms with Crippen molar-refractivity contribution in [2.45, 2.75) is 44.1 Å². The molecule has 3 aromatic rings. The van der Waals surface area contributed by atoms with Crippen molar-refractivity contribution in [3.63, 3.8) is 0 Å². The monoisotopic (exact) mass is 351 g/mol. The van der Waals surface area contributed by atoms with Gasteiger partial charge in [-0.05, 0) is 48.1 Å². The van der Waals surface area contributed by atoms with Crippen molar-refractivity contribution in [1.82, 2.24) is 36.1 Å². The molecular formula is C17H17N7O2. The molecule has 2 aliphatic carbocycles. The molecule has 5 rings (SSSR count). The van der Waals surface area contributed by atoms with Crippen LogP contribution < -0.4 is 5.32 Å². The number of hydrogen-bond donors (Lipinski definition) is 2. The summed E-state index contributed by atoms with van der Waals surface area (Å²) in [5.74, 6) is 1.52. The van der Waals surface area contributed by atoms with Gasteiger partial charge in [0.05, 0.1) is 6.04 Å². The maximum absolute atomic E-state index is 12.1. The summed E-state index contributed by atoms with van der Waals surface area (Å²) < 4.78 is 5.42. The Morgan fingerprint density at radius 2 is 2.19 bits per heavy atom. The molecule has 0 spiro atoms. The largest absolute Gasteiger partial charge is 0.342 e. The van der Waals surface area contributed by atoms with Crippen LogP contribution in [0.4, 0.5) is 0 Å². The molecule has 1 atom stereocenters. The van der Waals surface area contributed by atoms with Crippen LogP contribution >= 0.6 is 0 Å². The van der Waals surface area contributed by atoms with Crippen LogP contribution in [0.3, 0.4) is 0 Å². The Hall–Kier alpha value is -3.10. The molecule has 2 N–H and O–H groups in total. The number of carbonyl (C=O) groups is 1. The van der Waals surface area contributed by atoms with Crippen molar-refractivity contribution in [2.24, 2.45) is 0 Å². The second-order valence-electron chi connectivity index (χ2n) is 6.80. The number of hydrogen-bond acceptors (Lipinski definition) is 7. The highest BCUT2D eigenvalue weighted by Crippen LogP contribution is 2.37. The normalized spacial score (nSPS) is 19.2. The predicted molar refractivity (Wildman–Crippen MR) is 89.0 cm³/mol. The second-order valence-corrected chi connectivity index (χ2v) is 6.80. The lowest BCUT2D eigenvalue weighted by molar-refractivity contribution is 0.0926. The molecule has 2 aromatic heterocycles. The second kappa shape index (κ2) is 6.01. The van der Waals surface area contributed by atoms with E-state index in [1.807, 2.05) is 12.1 Å². The van der Waals surface area contributed by atoms with Crippen LogP contribution in [-0.2, 0) is 6.42 Å². The number of rotatable bonds is 4. The number of carbonyl (C=O) groups excluding carboxylic acids is 1. The zero-order valence-electron chi connectivity index (χ0n) is 14.0. The molecule has 0 unspecified atom stereocenters. The van der Waals surface area contributed by atoms with Crippen LogP contribution in [0.25, 0.3) is 11.4 Å². The first-order chi connectivity index (χ1) is 12.8. The van der Waals surface area contributed by atoms with Crippen LogP contribution in [-0.4, -0.2) is 36.7 Å². The maximum Gasteiger partial charge on any atom is 0.293 e. The fourth-order valence-electron chi connectivity index (χ4n) is 3.56. The quantitative estimate of drug-likeness (QED) is 0.736. The third kappa shape index (κ3) is 2.56. The Kier molecular flexibility index (Phi) is 3.51. The minimum atomic E-state index is -0.330. The summed E-state index contributed by atoms with van der Waals surface area (Å²) in [4.78, 5) is 16.7.